The lowest BCUT2D eigenvalue weighted by Crippen LogP contribution is -2.18. The van der Waals surface area contributed by atoms with E-state index in [9.17, 15) is 0 Å². The minimum absolute atomic E-state index is 0.462. The Balaban J connectivity index is 2.38. The molecule has 2 rings (SSSR count). The standard InChI is InChI=1S/C12H18N2O/c1-14-8-4-7-11(14)9-5-3-6-10(13)12(9)15-2/h3,5-6,11H,4,7-8,13H2,1-2H3. The van der Waals surface area contributed by atoms with Gasteiger partial charge in [0, 0.05) is 11.6 Å². The monoisotopic (exact) mass is 206 g/mol. The van der Waals surface area contributed by atoms with E-state index >= 15 is 0 Å². The SMILES string of the molecule is COc1c(N)cccc1C1CCCN1C. The smallest absolute Gasteiger partial charge is 0.146 e. The van der Waals surface area contributed by atoms with Gasteiger partial charge in [-0.05, 0) is 32.5 Å². The number of nitrogens with two attached hydrogens (primary N) is 1. The van der Waals surface area contributed by atoms with Crippen molar-refractivity contribution in [1.29, 1.82) is 0 Å². The fourth-order valence-electron chi connectivity index (χ4n) is 2.37. The summed E-state index contributed by atoms with van der Waals surface area (Å²) in [6.07, 6.45) is 2.44. The maximum Gasteiger partial charge on any atom is 0.146 e. The minimum atomic E-state index is 0.462. The van der Waals surface area contributed by atoms with Crippen LogP contribution < -0.4 is 10.5 Å². The highest BCUT2D eigenvalue weighted by Gasteiger charge is 2.25. The third kappa shape index (κ3) is 1.79. The maximum atomic E-state index is 5.90. The summed E-state index contributed by atoms with van der Waals surface area (Å²) in [5.74, 6) is 0.844. The Morgan fingerprint density at radius 3 is 2.87 bits per heavy atom. The third-order valence-corrected chi connectivity index (χ3v) is 3.16. The van der Waals surface area contributed by atoms with Crippen molar-refractivity contribution in [2.45, 2.75) is 18.9 Å². The van der Waals surface area contributed by atoms with Gasteiger partial charge in [-0.25, -0.2) is 0 Å². The zero-order valence-electron chi connectivity index (χ0n) is 9.36. The van der Waals surface area contributed by atoms with E-state index in [1.54, 1.807) is 7.11 Å². The van der Waals surface area contributed by atoms with Crippen LogP contribution in [0.25, 0.3) is 0 Å². The molecule has 3 heteroatoms. The molecular weight excluding hydrogens is 188 g/mol. The zero-order chi connectivity index (χ0) is 10.8. The lowest BCUT2D eigenvalue weighted by Gasteiger charge is -2.22. The fourth-order valence-corrected chi connectivity index (χ4v) is 2.37. The second-order valence-corrected chi connectivity index (χ2v) is 4.11. The Morgan fingerprint density at radius 1 is 1.47 bits per heavy atom. The Kier molecular flexibility index (Phi) is 2.82. The second kappa shape index (κ2) is 4.11. The van der Waals surface area contributed by atoms with E-state index in [1.807, 2.05) is 12.1 Å². The number of methoxy groups -OCH3 is 1. The lowest BCUT2D eigenvalue weighted by atomic mass is 10.0. The zero-order valence-corrected chi connectivity index (χ0v) is 9.36. The summed E-state index contributed by atoms with van der Waals surface area (Å²) < 4.78 is 5.39. The number of anilines is 1. The van der Waals surface area contributed by atoms with E-state index in [2.05, 4.69) is 18.0 Å². The topological polar surface area (TPSA) is 38.5 Å². The van der Waals surface area contributed by atoms with Gasteiger partial charge in [-0.2, -0.15) is 0 Å². The van der Waals surface area contributed by atoms with Gasteiger partial charge in [0.15, 0.2) is 0 Å². The lowest BCUT2D eigenvalue weighted by molar-refractivity contribution is 0.306. The number of para-hydroxylation sites is 1. The predicted octanol–water partition coefficient (Wildman–Crippen LogP) is 2.04. The average molecular weight is 206 g/mol. The normalized spacial score (nSPS) is 21.9. The number of benzene rings is 1. The van der Waals surface area contributed by atoms with Crippen molar-refractivity contribution >= 4 is 5.69 Å². The van der Waals surface area contributed by atoms with Crippen molar-refractivity contribution < 1.29 is 4.74 Å². The van der Waals surface area contributed by atoms with Crippen LogP contribution in [0.15, 0.2) is 18.2 Å². The van der Waals surface area contributed by atoms with Gasteiger partial charge in [0.1, 0.15) is 5.75 Å². The van der Waals surface area contributed by atoms with E-state index in [4.69, 9.17) is 10.5 Å². The molecular formula is C12H18N2O. The molecule has 1 fully saturated rings. The van der Waals surface area contributed by atoms with Gasteiger partial charge >= 0.3 is 0 Å². The number of likely N-dealkylation sites (tertiary alicyclic amines) is 1. The number of nitrogen functional groups attached to an aromatic ring is 1. The maximum absolute atomic E-state index is 5.90. The second-order valence-electron chi connectivity index (χ2n) is 4.11. The molecule has 15 heavy (non-hydrogen) atoms. The van der Waals surface area contributed by atoms with Gasteiger partial charge in [-0.3, -0.25) is 4.90 Å². The molecule has 1 aliphatic heterocycles. The molecule has 0 radical (unpaired) electrons. The van der Waals surface area contributed by atoms with E-state index in [-0.39, 0.29) is 0 Å². The summed E-state index contributed by atoms with van der Waals surface area (Å²) in [4.78, 5) is 2.36. The first-order valence-electron chi connectivity index (χ1n) is 5.36. The molecule has 0 aromatic heterocycles. The van der Waals surface area contributed by atoms with E-state index in [1.165, 1.54) is 18.4 Å². The summed E-state index contributed by atoms with van der Waals surface area (Å²) in [6, 6.07) is 6.46. The van der Waals surface area contributed by atoms with Crippen LogP contribution >= 0.6 is 0 Å². The largest absolute Gasteiger partial charge is 0.494 e. The molecule has 0 aliphatic carbocycles. The Morgan fingerprint density at radius 2 is 2.27 bits per heavy atom. The van der Waals surface area contributed by atoms with Gasteiger partial charge in [0.25, 0.3) is 0 Å². The number of hydrogen-bond acceptors (Lipinski definition) is 3. The molecule has 1 aromatic carbocycles. The van der Waals surface area contributed by atoms with Gasteiger partial charge in [-0.15, -0.1) is 0 Å². The van der Waals surface area contributed by atoms with Gasteiger partial charge < -0.3 is 10.5 Å². The predicted molar refractivity (Wildman–Crippen MR) is 62.0 cm³/mol. The van der Waals surface area contributed by atoms with E-state index in [0.29, 0.717) is 6.04 Å². The van der Waals surface area contributed by atoms with Crippen LogP contribution in [-0.4, -0.2) is 25.6 Å². The Labute approximate surface area is 90.8 Å². The summed E-state index contributed by atoms with van der Waals surface area (Å²) >= 11 is 0. The molecule has 1 aromatic rings. The van der Waals surface area contributed by atoms with Crippen LogP contribution in [0.4, 0.5) is 5.69 Å². The number of hydrogen-bond donors (Lipinski definition) is 1. The molecule has 2 N–H and O–H groups in total. The molecule has 0 bridgehead atoms. The highest BCUT2D eigenvalue weighted by atomic mass is 16.5. The summed E-state index contributed by atoms with van der Waals surface area (Å²) in [5, 5.41) is 0. The molecule has 0 spiro atoms. The molecule has 0 amide bonds. The summed E-state index contributed by atoms with van der Waals surface area (Å²) in [6.45, 7) is 1.16. The van der Waals surface area contributed by atoms with Crippen LogP contribution in [0, 0.1) is 0 Å². The van der Waals surface area contributed by atoms with Crippen LogP contribution in [0.5, 0.6) is 5.75 Å². The first-order valence-corrected chi connectivity index (χ1v) is 5.36. The van der Waals surface area contributed by atoms with Crippen LogP contribution in [-0.2, 0) is 0 Å². The fraction of sp³-hybridized carbons (Fsp3) is 0.500. The van der Waals surface area contributed by atoms with Crippen molar-refractivity contribution in [3.63, 3.8) is 0 Å². The van der Waals surface area contributed by atoms with Crippen molar-refractivity contribution in [2.24, 2.45) is 0 Å². The molecule has 3 nitrogen and oxygen atoms in total. The summed E-state index contributed by atoms with van der Waals surface area (Å²) in [7, 11) is 3.84. The van der Waals surface area contributed by atoms with Gasteiger partial charge in [-0.1, -0.05) is 12.1 Å². The molecule has 1 aliphatic rings. The third-order valence-electron chi connectivity index (χ3n) is 3.16. The molecule has 82 valence electrons. The Hall–Kier alpha value is -1.22. The quantitative estimate of drug-likeness (QED) is 0.753. The minimum Gasteiger partial charge on any atom is -0.494 e. The van der Waals surface area contributed by atoms with E-state index < -0.39 is 0 Å². The van der Waals surface area contributed by atoms with Crippen molar-refractivity contribution in [3.05, 3.63) is 23.8 Å². The first kappa shape index (κ1) is 10.3. The molecule has 1 atom stereocenters. The highest BCUT2D eigenvalue weighted by Crippen LogP contribution is 2.38. The van der Waals surface area contributed by atoms with E-state index in [0.717, 1.165) is 18.0 Å². The average Bonchev–Trinajstić information content (AvgIpc) is 2.64. The summed E-state index contributed by atoms with van der Waals surface area (Å²) in [5.41, 5.74) is 7.85. The van der Waals surface area contributed by atoms with Crippen molar-refractivity contribution in [1.82, 2.24) is 4.90 Å². The number of ether oxygens (including phenoxy) is 1. The molecule has 1 saturated heterocycles. The highest BCUT2D eigenvalue weighted by molar-refractivity contribution is 5.57. The Bertz CT molecular complexity index is 351. The number of rotatable bonds is 2. The van der Waals surface area contributed by atoms with Gasteiger partial charge in [0.2, 0.25) is 0 Å². The first-order chi connectivity index (χ1) is 7.24. The van der Waals surface area contributed by atoms with Gasteiger partial charge in [0.05, 0.1) is 12.8 Å². The molecule has 1 unspecified atom stereocenters. The molecule has 0 saturated carbocycles. The van der Waals surface area contributed by atoms with Crippen LogP contribution in [0.2, 0.25) is 0 Å². The number of nitrogens with zero attached hydrogens (tertiary/aromatic N) is 1. The van der Waals surface area contributed by atoms with Crippen LogP contribution in [0.3, 0.4) is 0 Å². The van der Waals surface area contributed by atoms with Crippen LogP contribution in [0.1, 0.15) is 24.4 Å². The van der Waals surface area contributed by atoms with Crippen molar-refractivity contribution in [3.8, 4) is 5.75 Å². The van der Waals surface area contributed by atoms with Crippen molar-refractivity contribution in [2.75, 3.05) is 26.4 Å². The molecule has 1 heterocycles.